The number of hydrogen-bond acceptors (Lipinski definition) is 13. The van der Waals surface area contributed by atoms with Crippen LogP contribution in [-0.4, -0.2) is 122 Å². The van der Waals surface area contributed by atoms with Crippen LogP contribution in [0.5, 0.6) is 5.75 Å². The van der Waals surface area contributed by atoms with Gasteiger partial charge in [-0.3, -0.25) is 24.8 Å². The van der Waals surface area contributed by atoms with Gasteiger partial charge in [0, 0.05) is 117 Å². The van der Waals surface area contributed by atoms with Crippen molar-refractivity contribution in [3.8, 4) is 5.75 Å². The van der Waals surface area contributed by atoms with E-state index in [1.165, 1.54) is 23.4 Å². The van der Waals surface area contributed by atoms with E-state index in [1.807, 2.05) is 36.2 Å². The number of carbonyl (C=O) groups excluding carboxylic acids is 2. The van der Waals surface area contributed by atoms with Crippen molar-refractivity contribution in [1.82, 2.24) is 30.1 Å². The minimum atomic E-state index is -2.74. The number of amides is 2. The van der Waals surface area contributed by atoms with Gasteiger partial charge >= 0.3 is 0 Å². The Hall–Kier alpha value is -5.22. The van der Waals surface area contributed by atoms with E-state index in [0.717, 1.165) is 112 Å². The van der Waals surface area contributed by atoms with Crippen molar-refractivity contribution in [2.45, 2.75) is 83.2 Å². The Morgan fingerprint density at radius 1 is 0.900 bits per heavy atom. The van der Waals surface area contributed by atoms with Gasteiger partial charge in [-0.1, -0.05) is 19.9 Å². The van der Waals surface area contributed by atoms with Gasteiger partial charge in [0.05, 0.1) is 34.4 Å². The lowest BCUT2D eigenvalue weighted by atomic mass is 9.78. The average molecular weight is 1040 g/mol. The summed E-state index contributed by atoms with van der Waals surface area (Å²) in [5.74, 6) is -1.40. The lowest BCUT2D eigenvalue weighted by Crippen LogP contribution is -2.55. The summed E-state index contributed by atoms with van der Waals surface area (Å²) in [6.07, 6.45) is 7.61. The Morgan fingerprint density at radius 3 is 2.29 bits per heavy atom. The van der Waals surface area contributed by atoms with Gasteiger partial charge in [0.15, 0.2) is 0 Å². The summed E-state index contributed by atoms with van der Waals surface area (Å²) in [7, 11) is 0.824. The van der Waals surface area contributed by atoms with E-state index < -0.39 is 36.5 Å². The van der Waals surface area contributed by atoms with Crippen LogP contribution in [0.2, 0.25) is 0 Å². The monoisotopic (exact) mass is 1040 g/mol. The van der Waals surface area contributed by atoms with Gasteiger partial charge in [0.2, 0.25) is 17.8 Å². The molecule has 1 unspecified atom stereocenters. The zero-order chi connectivity index (χ0) is 49.4. The molecule has 4 aliphatic rings. The largest absolute Gasteiger partial charge is 0.494 e. The van der Waals surface area contributed by atoms with E-state index in [2.05, 4.69) is 77.5 Å². The number of rotatable bonds is 15. The second kappa shape index (κ2) is 20.9. The van der Waals surface area contributed by atoms with Gasteiger partial charge in [-0.25, -0.2) is 13.8 Å². The standard InChI is InChI=1S/C52H64BrF2N10O4P/c1-7-32-25-44(59-52-56-29-39(53)50(61-52)58-43-13-12-42-37(49(43)70(5,6)68)10-9-33(8-2)57-42)46(69-4)28-45(32)65-17-15-34(16-18-65)64-21-19-63(20-22-64)30-31-23-35(24-31)62(3)36-26-40(54)48(41(55)27-36)38-11-14-47(66)60-51(38)67/h9-10,12-13,25-29,31,34-35,38H,7-8,11,14-24,30H2,1-6H3,(H,60,66,67)(H2,56,58,59,61)/t31-,35-,38?. The van der Waals surface area contributed by atoms with Crippen LogP contribution in [0, 0.1) is 17.6 Å². The molecule has 0 bridgehead atoms. The summed E-state index contributed by atoms with van der Waals surface area (Å²) in [5, 5.41) is 10.7. The van der Waals surface area contributed by atoms with Crippen LogP contribution >= 0.6 is 23.1 Å². The van der Waals surface area contributed by atoms with Crippen molar-refractivity contribution in [2.75, 3.05) is 93.7 Å². The Bertz CT molecular complexity index is 2810. The Balaban J connectivity index is 0.770. The number of piperidine rings is 2. The van der Waals surface area contributed by atoms with Crippen LogP contribution in [-0.2, 0) is 27.0 Å². The number of anilines is 6. The fraction of sp³-hybridized carbons (Fsp3) is 0.481. The maximum absolute atomic E-state index is 15.3. The molecule has 14 nitrogen and oxygen atoms in total. The van der Waals surface area contributed by atoms with E-state index in [-0.39, 0.29) is 24.4 Å². The van der Waals surface area contributed by atoms with Gasteiger partial charge < -0.3 is 34.6 Å². The summed E-state index contributed by atoms with van der Waals surface area (Å²) < 4.78 is 50.9. The maximum atomic E-state index is 15.3. The molecule has 3 saturated heterocycles. The number of benzene rings is 3. The fourth-order valence-corrected chi connectivity index (χ4v) is 12.7. The van der Waals surface area contributed by atoms with Gasteiger partial charge in [-0.2, -0.15) is 4.98 Å². The van der Waals surface area contributed by atoms with Crippen LogP contribution < -0.4 is 35.8 Å². The number of piperazine rings is 1. The summed E-state index contributed by atoms with van der Waals surface area (Å²) in [4.78, 5) is 47.8. The zero-order valence-electron chi connectivity index (χ0n) is 41.0. The maximum Gasteiger partial charge on any atom is 0.234 e. The third-order valence-electron chi connectivity index (χ3n) is 14.9. The van der Waals surface area contributed by atoms with Crippen molar-refractivity contribution in [1.29, 1.82) is 0 Å². The fourth-order valence-electron chi connectivity index (χ4n) is 10.9. The molecular formula is C52H64BrF2N10O4P. The molecule has 5 aromatic rings. The van der Waals surface area contributed by atoms with Gasteiger partial charge in [0.1, 0.15) is 30.3 Å². The summed E-state index contributed by atoms with van der Waals surface area (Å²) in [6.45, 7) is 14.9. The molecule has 0 spiro atoms. The highest BCUT2D eigenvalue weighted by molar-refractivity contribution is 9.10. The minimum Gasteiger partial charge on any atom is -0.494 e. The molecule has 3 N–H and O–H groups in total. The number of pyridine rings is 1. The summed E-state index contributed by atoms with van der Waals surface area (Å²) in [5.41, 5.74) is 5.88. The topological polar surface area (TPSA) is 148 Å². The molecule has 3 aliphatic heterocycles. The zero-order valence-corrected chi connectivity index (χ0v) is 43.4. The minimum absolute atomic E-state index is 0.0643. The lowest BCUT2D eigenvalue weighted by molar-refractivity contribution is -0.134. The molecule has 372 valence electrons. The highest BCUT2D eigenvalue weighted by Gasteiger charge is 2.37. The predicted octanol–water partition coefficient (Wildman–Crippen LogP) is 8.96. The first kappa shape index (κ1) is 49.7. The van der Waals surface area contributed by atoms with Crippen molar-refractivity contribution in [3.05, 3.63) is 87.7 Å². The van der Waals surface area contributed by atoms with E-state index in [0.29, 0.717) is 45.3 Å². The number of imide groups is 1. The highest BCUT2D eigenvalue weighted by atomic mass is 79.9. The predicted molar refractivity (Wildman–Crippen MR) is 279 cm³/mol. The third-order valence-corrected chi connectivity index (χ3v) is 17.0. The summed E-state index contributed by atoms with van der Waals surface area (Å²) in [6, 6.07) is 15.5. The normalized spacial score (nSPS) is 20.6. The van der Waals surface area contributed by atoms with Crippen LogP contribution in [0.1, 0.15) is 75.1 Å². The number of carbonyl (C=O) groups is 2. The Labute approximate surface area is 417 Å². The number of nitrogens with one attached hydrogen (secondary N) is 3. The second-order valence-corrected chi connectivity index (χ2v) is 23.7. The third kappa shape index (κ3) is 10.5. The number of fused-ring (bicyclic) bond motifs is 1. The molecule has 2 amide bonds. The molecule has 1 atom stereocenters. The molecule has 3 aromatic carbocycles. The molecule has 1 saturated carbocycles. The quantitative estimate of drug-likeness (QED) is 0.0678. The number of halogens is 3. The van der Waals surface area contributed by atoms with Crippen LogP contribution in [0.3, 0.4) is 0 Å². The average Bonchev–Trinajstić information content (AvgIpc) is 3.33. The first-order chi connectivity index (χ1) is 33.6. The van der Waals surface area contributed by atoms with Gasteiger partial charge in [-0.15, -0.1) is 0 Å². The lowest BCUT2D eigenvalue weighted by Gasteiger charge is -2.47. The van der Waals surface area contributed by atoms with E-state index >= 15 is 8.78 Å². The first-order valence-corrected chi connectivity index (χ1v) is 28.0. The van der Waals surface area contributed by atoms with Crippen LogP contribution in [0.4, 0.5) is 43.3 Å². The summed E-state index contributed by atoms with van der Waals surface area (Å²) >= 11 is 3.63. The SMILES string of the molecule is CCc1ccc2c(P(C)(C)=O)c(Nc3nc(Nc4cc(CC)c(N5CCC(N6CCN(C[C@H]7C[C@H](N(C)c8cc(F)c(C9CCC(=O)NC9=O)c(F)c8)C7)CC6)CC5)cc4OC)ncc3Br)ccc2n1. The first-order valence-electron chi connectivity index (χ1n) is 24.6. The van der Waals surface area contributed by atoms with Crippen molar-refractivity contribution >= 4 is 85.6 Å². The molecule has 9 rings (SSSR count). The number of aromatic nitrogens is 3. The second-order valence-electron chi connectivity index (χ2n) is 19.7. The Kier molecular flexibility index (Phi) is 14.8. The molecule has 18 heteroatoms. The van der Waals surface area contributed by atoms with Crippen molar-refractivity contribution in [2.24, 2.45) is 5.92 Å². The molecule has 5 heterocycles. The van der Waals surface area contributed by atoms with E-state index in [1.54, 1.807) is 26.6 Å². The van der Waals surface area contributed by atoms with Crippen molar-refractivity contribution < 1.29 is 27.7 Å². The number of nitrogens with zero attached hydrogens (tertiary/aromatic N) is 7. The molecular weight excluding hydrogens is 978 g/mol. The number of hydrogen-bond donors (Lipinski definition) is 3. The highest BCUT2D eigenvalue weighted by Crippen LogP contribution is 2.43. The molecule has 0 radical (unpaired) electrons. The van der Waals surface area contributed by atoms with Gasteiger partial charge in [0.25, 0.3) is 0 Å². The van der Waals surface area contributed by atoms with Crippen LogP contribution in [0.25, 0.3) is 10.9 Å². The van der Waals surface area contributed by atoms with Crippen molar-refractivity contribution in [3.63, 3.8) is 0 Å². The molecule has 70 heavy (non-hydrogen) atoms. The number of methoxy groups -OCH3 is 1. The molecule has 2 aromatic heterocycles. The molecule has 4 fully saturated rings. The number of aryl methyl sites for hydroxylation is 2. The smallest absolute Gasteiger partial charge is 0.234 e. The van der Waals surface area contributed by atoms with Crippen LogP contribution in [0.15, 0.2) is 59.2 Å². The van der Waals surface area contributed by atoms with Gasteiger partial charge in [-0.05, 0) is 122 Å². The van der Waals surface area contributed by atoms with E-state index in [4.69, 9.17) is 14.7 Å². The van der Waals surface area contributed by atoms with E-state index in [9.17, 15) is 14.2 Å². The molecule has 1 aliphatic carbocycles. The Morgan fingerprint density at radius 2 is 1.63 bits per heavy atom. The number of ether oxygens (including phenoxy) is 1.